The molecule has 8 heteroatoms. The number of nitro benzene ring substituents is 1. The lowest BCUT2D eigenvalue weighted by Crippen LogP contribution is -2.28. The van der Waals surface area contributed by atoms with Gasteiger partial charge in [-0.1, -0.05) is 0 Å². The van der Waals surface area contributed by atoms with Gasteiger partial charge in [-0.2, -0.15) is 0 Å². The zero-order chi connectivity index (χ0) is 18.2. The van der Waals surface area contributed by atoms with E-state index in [9.17, 15) is 14.9 Å². The normalized spacial score (nSPS) is 10.0. The standard InChI is InChI=1S/C17H18N2O6/c1-23-13-4-6-14(7-5-13)25-10-9-18-17(20)15-11-12(19(21)22)3-8-16(15)24-2/h3-8,11H,9-10H2,1-2H3,(H,18,20). The SMILES string of the molecule is COc1ccc(OCCNC(=O)c2cc([N+](=O)[O-])ccc2OC)cc1. The lowest BCUT2D eigenvalue weighted by Gasteiger charge is -2.10. The van der Waals surface area contributed by atoms with Crippen molar-refractivity contribution in [3.8, 4) is 17.2 Å². The number of benzene rings is 2. The van der Waals surface area contributed by atoms with Crippen LogP contribution in [0, 0.1) is 10.1 Å². The maximum Gasteiger partial charge on any atom is 0.270 e. The fourth-order valence-corrected chi connectivity index (χ4v) is 2.09. The Morgan fingerprint density at radius 2 is 1.76 bits per heavy atom. The largest absolute Gasteiger partial charge is 0.497 e. The minimum absolute atomic E-state index is 0.0983. The molecular formula is C17H18N2O6. The van der Waals surface area contributed by atoms with Crippen LogP contribution in [-0.4, -0.2) is 38.2 Å². The van der Waals surface area contributed by atoms with Crippen molar-refractivity contribution in [2.24, 2.45) is 0 Å². The van der Waals surface area contributed by atoms with Gasteiger partial charge < -0.3 is 19.5 Å². The monoisotopic (exact) mass is 346 g/mol. The number of amides is 1. The summed E-state index contributed by atoms with van der Waals surface area (Å²) < 4.78 is 15.6. The van der Waals surface area contributed by atoms with Gasteiger partial charge in [0.2, 0.25) is 0 Å². The molecule has 0 aliphatic rings. The van der Waals surface area contributed by atoms with Crippen LogP contribution in [-0.2, 0) is 0 Å². The van der Waals surface area contributed by atoms with E-state index in [1.165, 1.54) is 25.3 Å². The summed E-state index contributed by atoms with van der Waals surface area (Å²) in [6.07, 6.45) is 0. The molecule has 0 radical (unpaired) electrons. The van der Waals surface area contributed by atoms with Gasteiger partial charge in [-0.3, -0.25) is 14.9 Å². The van der Waals surface area contributed by atoms with Gasteiger partial charge in [-0.25, -0.2) is 0 Å². The van der Waals surface area contributed by atoms with Crippen molar-refractivity contribution >= 4 is 11.6 Å². The van der Waals surface area contributed by atoms with Crippen LogP contribution in [0.2, 0.25) is 0 Å². The smallest absolute Gasteiger partial charge is 0.270 e. The van der Waals surface area contributed by atoms with Gasteiger partial charge in [-0.15, -0.1) is 0 Å². The van der Waals surface area contributed by atoms with Crippen molar-refractivity contribution in [3.63, 3.8) is 0 Å². The number of hydrogen-bond acceptors (Lipinski definition) is 6. The molecule has 0 unspecified atom stereocenters. The molecule has 25 heavy (non-hydrogen) atoms. The van der Waals surface area contributed by atoms with Gasteiger partial charge in [0.15, 0.2) is 0 Å². The fraction of sp³-hybridized carbons (Fsp3) is 0.235. The molecule has 8 nitrogen and oxygen atoms in total. The third-order valence-electron chi connectivity index (χ3n) is 3.35. The van der Waals surface area contributed by atoms with Gasteiger partial charge in [0.25, 0.3) is 11.6 Å². The molecule has 0 atom stereocenters. The zero-order valence-corrected chi connectivity index (χ0v) is 13.9. The van der Waals surface area contributed by atoms with Crippen LogP contribution < -0.4 is 19.5 Å². The average Bonchev–Trinajstić information content (AvgIpc) is 2.64. The summed E-state index contributed by atoms with van der Waals surface area (Å²) in [7, 11) is 2.97. The summed E-state index contributed by atoms with van der Waals surface area (Å²) in [5.74, 6) is 1.15. The summed E-state index contributed by atoms with van der Waals surface area (Å²) in [6, 6.07) is 10.9. The quantitative estimate of drug-likeness (QED) is 0.448. The fourth-order valence-electron chi connectivity index (χ4n) is 2.09. The minimum Gasteiger partial charge on any atom is -0.497 e. The Labute approximate surface area is 144 Å². The zero-order valence-electron chi connectivity index (χ0n) is 13.9. The van der Waals surface area contributed by atoms with E-state index in [2.05, 4.69) is 5.32 Å². The van der Waals surface area contributed by atoms with Crippen LogP contribution in [0.3, 0.4) is 0 Å². The van der Waals surface area contributed by atoms with Crippen LogP contribution in [0.15, 0.2) is 42.5 Å². The predicted molar refractivity (Wildman–Crippen MR) is 90.5 cm³/mol. The van der Waals surface area contributed by atoms with Crippen molar-refractivity contribution < 1.29 is 23.9 Å². The molecule has 132 valence electrons. The molecule has 0 aromatic heterocycles. The molecular weight excluding hydrogens is 328 g/mol. The molecule has 2 aromatic rings. The number of carbonyl (C=O) groups is 1. The number of nitrogens with one attached hydrogen (secondary N) is 1. The minimum atomic E-state index is -0.566. The van der Waals surface area contributed by atoms with E-state index in [4.69, 9.17) is 14.2 Å². The van der Waals surface area contributed by atoms with Crippen molar-refractivity contribution in [2.75, 3.05) is 27.4 Å². The number of nitrogens with zero attached hydrogens (tertiary/aromatic N) is 1. The van der Waals surface area contributed by atoms with Gasteiger partial charge >= 0.3 is 0 Å². The first-order valence-electron chi connectivity index (χ1n) is 7.42. The first-order valence-corrected chi connectivity index (χ1v) is 7.42. The summed E-state index contributed by atoms with van der Waals surface area (Å²) in [5.41, 5.74) is -0.0819. The molecule has 0 aliphatic heterocycles. The Hall–Kier alpha value is -3.29. The van der Waals surface area contributed by atoms with E-state index in [1.807, 2.05) is 0 Å². The molecule has 0 heterocycles. The van der Waals surface area contributed by atoms with Crippen LogP contribution >= 0.6 is 0 Å². The molecule has 0 spiro atoms. The van der Waals surface area contributed by atoms with E-state index < -0.39 is 10.8 Å². The molecule has 0 bridgehead atoms. The lowest BCUT2D eigenvalue weighted by atomic mass is 10.1. The first kappa shape index (κ1) is 18.1. The maximum absolute atomic E-state index is 12.2. The van der Waals surface area contributed by atoms with Crippen molar-refractivity contribution in [1.82, 2.24) is 5.32 Å². The van der Waals surface area contributed by atoms with Crippen molar-refractivity contribution in [2.45, 2.75) is 0 Å². The number of rotatable bonds is 8. The number of ether oxygens (including phenoxy) is 3. The molecule has 0 aliphatic carbocycles. The summed E-state index contributed by atoms with van der Waals surface area (Å²) in [5, 5.41) is 13.5. The third kappa shape index (κ3) is 4.84. The van der Waals surface area contributed by atoms with E-state index in [0.29, 0.717) is 5.75 Å². The van der Waals surface area contributed by atoms with Crippen LogP contribution in [0.5, 0.6) is 17.2 Å². The summed E-state index contributed by atoms with van der Waals surface area (Å²) in [4.78, 5) is 22.5. The van der Waals surface area contributed by atoms with E-state index in [-0.39, 0.29) is 30.2 Å². The van der Waals surface area contributed by atoms with Gasteiger partial charge in [0.1, 0.15) is 23.9 Å². The second-order valence-electron chi connectivity index (χ2n) is 4.92. The summed E-state index contributed by atoms with van der Waals surface area (Å²) >= 11 is 0. The number of nitro groups is 1. The number of hydrogen-bond donors (Lipinski definition) is 1. The maximum atomic E-state index is 12.2. The van der Waals surface area contributed by atoms with Crippen LogP contribution in [0.4, 0.5) is 5.69 Å². The predicted octanol–water partition coefficient (Wildman–Crippen LogP) is 2.42. The van der Waals surface area contributed by atoms with Crippen LogP contribution in [0.25, 0.3) is 0 Å². The topological polar surface area (TPSA) is 99.9 Å². The molecule has 1 N–H and O–H groups in total. The highest BCUT2D eigenvalue weighted by molar-refractivity contribution is 5.97. The molecule has 1 amide bonds. The molecule has 2 aromatic carbocycles. The second-order valence-corrected chi connectivity index (χ2v) is 4.92. The van der Waals surface area contributed by atoms with Crippen molar-refractivity contribution in [1.29, 1.82) is 0 Å². The number of carbonyl (C=O) groups excluding carboxylic acids is 1. The highest BCUT2D eigenvalue weighted by Crippen LogP contribution is 2.23. The van der Waals surface area contributed by atoms with E-state index in [1.54, 1.807) is 31.4 Å². The molecule has 0 saturated carbocycles. The Kier molecular flexibility index (Phi) is 6.16. The molecule has 2 rings (SSSR count). The summed E-state index contributed by atoms with van der Waals surface area (Å²) in [6.45, 7) is 0.478. The van der Waals surface area contributed by atoms with Gasteiger partial charge in [-0.05, 0) is 30.3 Å². The Morgan fingerprint density at radius 3 is 2.36 bits per heavy atom. The average molecular weight is 346 g/mol. The lowest BCUT2D eigenvalue weighted by molar-refractivity contribution is -0.384. The third-order valence-corrected chi connectivity index (χ3v) is 3.35. The van der Waals surface area contributed by atoms with E-state index >= 15 is 0 Å². The van der Waals surface area contributed by atoms with Gasteiger partial charge in [0, 0.05) is 12.1 Å². The number of non-ortho nitro benzene ring substituents is 1. The highest BCUT2D eigenvalue weighted by atomic mass is 16.6. The molecule has 0 fully saturated rings. The highest BCUT2D eigenvalue weighted by Gasteiger charge is 2.17. The second kappa shape index (κ2) is 8.53. The number of methoxy groups -OCH3 is 2. The van der Waals surface area contributed by atoms with E-state index in [0.717, 1.165) is 5.75 Å². The first-order chi connectivity index (χ1) is 12.0. The molecule has 0 saturated heterocycles. The van der Waals surface area contributed by atoms with Crippen molar-refractivity contribution in [3.05, 3.63) is 58.1 Å². The Bertz CT molecular complexity index is 745. The Morgan fingerprint density at radius 1 is 1.08 bits per heavy atom. The Balaban J connectivity index is 1.91. The van der Waals surface area contributed by atoms with Crippen LogP contribution in [0.1, 0.15) is 10.4 Å². The van der Waals surface area contributed by atoms with Gasteiger partial charge in [0.05, 0.1) is 31.3 Å².